The topological polar surface area (TPSA) is 47.6 Å². The van der Waals surface area contributed by atoms with Crippen LogP contribution in [0.2, 0.25) is 0 Å². The van der Waals surface area contributed by atoms with Gasteiger partial charge in [0.1, 0.15) is 11.4 Å². The summed E-state index contributed by atoms with van der Waals surface area (Å²) in [7, 11) is 1.64. The second-order valence-corrected chi connectivity index (χ2v) is 5.51. The molecule has 20 heavy (non-hydrogen) atoms. The van der Waals surface area contributed by atoms with Crippen LogP contribution in [0.15, 0.2) is 24.3 Å². The summed E-state index contributed by atoms with van der Waals surface area (Å²) >= 11 is 0. The van der Waals surface area contributed by atoms with Crippen LogP contribution in [0.5, 0.6) is 5.75 Å². The number of rotatable bonds is 4. The van der Waals surface area contributed by atoms with E-state index in [2.05, 4.69) is 5.32 Å². The lowest BCUT2D eigenvalue weighted by atomic mass is 10.1. The molecule has 4 heteroatoms. The summed E-state index contributed by atoms with van der Waals surface area (Å²) in [6.07, 6.45) is 3.42. The third-order valence-corrected chi connectivity index (χ3v) is 2.55. The van der Waals surface area contributed by atoms with Crippen molar-refractivity contribution in [3.8, 4) is 5.75 Å². The molecule has 1 aromatic carbocycles. The van der Waals surface area contributed by atoms with Gasteiger partial charge in [-0.15, -0.1) is 0 Å². The Hall–Kier alpha value is -1.97. The van der Waals surface area contributed by atoms with Gasteiger partial charge in [-0.1, -0.05) is 18.2 Å². The van der Waals surface area contributed by atoms with Gasteiger partial charge < -0.3 is 14.8 Å². The smallest absolute Gasteiger partial charge is 0.407 e. The van der Waals surface area contributed by atoms with E-state index in [4.69, 9.17) is 9.47 Å². The number of alkyl carbamates (subject to hydrolysis) is 1. The zero-order chi connectivity index (χ0) is 15.2. The van der Waals surface area contributed by atoms with Gasteiger partial charge in [0.05, 0.1) is 7.11 Å². The lowest BCUT2D eigenvalue weighted by molar-refractivity contribution is 0.0534. The molecule has 0 saturated carbocycles. The van der Waals surface area contributed by atoms with E-state index in [0.29, 0.717) is 6.54 Å². The molecule has 0 spiro atoms. The van der Waals surface area contributed by atoms with Crippen molar-refractivity contribution in [3.05, 3.63) is 35.4 Å². The van der Waals surface area contributed by atoms with Gasteiger partial charge in [0.25, 0.3) is 0 Å². The molecule has 110 valence electrons. The molecule has 0 aliphatic rings. The summed E-state index contributed by atoms with van der Waals surface area (Å²) in [5.41, 5.74) is 1.74. The van der Waals surface area contributed by atoms with Gasteiger partial charge in [-0.05, 0) is 51.0 Å². The SMILES string of the molecule is COc1ccc(C)c(C=CCNC(=O)OC(C)(C)C)c1. The number of carbonyl (C=O) groups excluding carboxylic acids is 1. The highest BCUT2D eigenvalue weighted by Gasteiger charge is 2.14. The van der Waals surface area contributed by atoms with Gasteiger partial charge >= 0.3 is 6.09 Å². The van der Waals surface area contributed by atoms with Crippen LogP contribution in [0, 0.1) is 6.92 Å². The number of ether oxygens (including phenoxy) is 2. The largest absolute Gasteiger partial charge is 0.497 e. The lowest BCUT2D eigenvalue weighted by Gasteiger charge is -2.19. The summed E-state index contributed by atoms with van der Waals surface area (Å²) in [5.74, 6) is 0.815. The fraction of sp³-hybridized carbons (Fsp3) is 0.438. The number of hydrogen-bond acceptors (Lipinski definition) is 3. The summed E-state index contributed by atoms with van der Waals surface area (Å²) < 4.78 is 10.3. The molecule has 0 aromatic heterocycles. The fourth-order valence-electron chi connectivity index (χ4n) is 1.57. The van der Waals surface area contributed by atoms with Crippen molar-refractivity contribution in [1.29, 1.82) is 0 Å². The Morgan fingerprint density at radius 1 is 1.35 bits per heavy atom. The Morgan fingerprint density at radius 3 is 2.65 bits per heavy atom. The third-order valence-electron chi connectivity index (χ3n) is 2.55. The highest BCUT2D eigenvalue weighted by molar-refractivity contribution is 5.68. The second-order valence-electron chi connectivity index (χ2n) is 5.51. The highest BCUT2D eigenvalue weighted by atomic mass is 16.6. The first-order valence-corrected chi connectivity index (χ1v) is 6.60. The molecule has 1 amide bonds. The second kappa shape index (κ2) is 6.98. The zero-order valence-electron chi connectivity index (χ0n) is 12.8. The van der Waals surface area contributed by atoms with Crippen LogP contribution in [0.4, 0.5) is 4.79 Å². The van der Waals surface area contributed by atoms with Crippen molar-refractivity contribution in [2.75, 3.05) is 13.7 Å². The van der Waals surface area contributed by atoms with Crippen LogP contribution >= 0.6 is 0 Å². The van der Waals surface area contributed by atoms with Gasteiger partial charge in [0, 0.05) is 6.54 Å². The number of amides is 1. The van der Waals surface area contributed by atoms with Crippen LogP contribution in [-0.4, -0.2) is 25.3 Å². The van der Waals surface area contributed by atoms with Crippen molar-refractivity contribution in [3.63, 3.8) is 0 Å². The maximum absolute atomic E-state index is 11.5. The Bertz CT molecular complexity index is 487. The molecule has 0 atom stereocenters. The Labute approximate surface area is 120 Å². The Kier molecular flexibility index (Phi) is 5.62. The lowest BCUT2D eigenvalue weighted by Crippen LogP contribution is -2.32. The predicted molar refractivity (Wildman–Crippen MR) is 81.0 cm³/mol. The highest BCUT2D eigenvalue weighted by Crippen LogP contribution is 2.18. The summed E-state index contributed by atoms with van der Waals surface area (Å²) in [5, 5.41) is 2.68. The van der Waals surface area contributed by atoms with E-state index in [-0.39, 0.29) is 0 Å². The van der Waals surface area contributed by atoms with Crippen molar-refractivity contribution >= 4 is 12.2 Å². The van der Waals surface area contributed by atoms with Gasteiger partial charge in [-0.25, -0.2) is 4.79 Å². The number of aryl methyl sites for hydroxylation is 1. The van der Waals surface area contributed by atoms with E-state index in [1.807, 2.05) is 58.0 Å². The van der Waals surface area contributed by atoms with Gasteiger partial charge in [-0.3, -0.25) is 0 Å². The molecular weight excluding hydrogens is 254 g/mol. The quantitative estimate of drug-likeness (QED) is 0.915. The first-order valence-electron chi connectivity index (χ1n) is 6.60. The number of benzene rings is 1. The number of carbonyl (C=O) groups is 1. The molecule has 1 N–H and O–H groups in total. The summed E-state index contributed by atoms with van der Waals surface area (Å²) in [6, 6.07) is 5.88. The van der Waals surface area contributed by atoms with Crippen molar-refractivity contribution < 1.29 is 14.3 Å². The average Bonchev–Trinajstić information content (AvgIpc) is 2.34. The van der Waals surface area contributed by atoms with Crippen molar-refractivity contribution in [2.24, 2.45) is 0 Å². The van der Waals surface area contributed by atoms with E-state index >= 15 is 0 Å². The van der Waals surface area contributed by atoms with Gasteiger partial charge in [0.15, 0.2) is 0 Å². The van der Waals surface area contributed by atoms with Crippen molar-refractivity contribution in [1.82, 2.24) is 5.32 Å². The number of hydrogen-bond donors (Lipinski definition) is 1. The van der Waals surface area contributed by atoms with Gasteiger partial charge in [-0.2, -0.15) is 0 Å². The predicted octanol–water partition coefficient (Wildman–Crippen LogP) is 3.54. The van der Waals surface area contributed by atoms with E-state index < -0.39 is 11.7 Å². The molecule has 0 fully saturated rings. The molecule has 1 rings (SSSR count). The number of nitrogens with one attached hydrogen (secondary N) is 1. The van der Waals surface area contributed by atoms with Crippen LogP contribution in [0.3, 0.4) is 0 Å². The summed E-state index contributed by atoms with van der Waals surface area (Å²) in [6.45, 7) is 7.96. The van der Waals surface area contributed by atoms with Crippen LogP contribution in [0.1, 0.15) is 31.9 Å². The molecule has 0 aliphatic carbocycles. The molecule has 0 unspecified atom stereocenters. The third kappa shape index (κ3) is 5.78. The van der Waals surface area contributed by atoms with Crippen molar-refractivity contribution in [2.45, 2.75) is 33.3 Å². The standard InChI is InChI=1S/C16H23NO3/c1-12-8-9-14(19-5)11-13(12)7-6-10-17-15(18)20-16(2,3)4/h6-9,11H,10H2,1-5H3,(H,17,18). The summed E-state index contributed by atoms with van der Waals surface area (Å²) in [4.78, 5) is 11.5. The monoisotopic (exact) mass is 277 g/mol. The van der Waals surface area contributed by atoms with E-state index in [0.717, 1.165) is 16.9 Å². The minimum atomic E-state index is -0.475. The number of methoxy groups -OCH3 is 1. The molecule has 4 nitrogen and oxygen atoms in total. The molecule has 0 radical (unpaired) electrons. The molecule has 0 bridgehead atoms. The van der Waals surface area contributed by atoms with Crippen LogP contribution in [-0.2, 0) is 4.74 Å². The van der Waals surface area contributed by atoms with E-state index in [1.165, 1.54) is 0 Å². The maximum Gasteiger partial charge on any atom is 0.407 e. The minimum absolute atomic E-state index is 0.412. The maximum atomic E-state index is 11.5. The zero-order valence-corrected chi connectivity index (χ0v) is 12.8. The van der Waals surface area contributed by atoms with Crippen LogP contribution in [0.25, 0.3) is 6.08 Å². The normalized spacial score (nSPS) is 11.4. The fourth-order valence-corrected chi connectivity index (χ4v) is 1.57. The average molecular weight is 277 g/mol. The molecule has 0 saturated heterocycles. The molecule has 0 aliphatic heterocycles. The molecule has 1 aromatic rings. The first-order chi connectivity index (χ1) is 9.31. The first kappa shape index (κ1) is 16.1. The minimum Gasteiger partial charge on any atom is -0.497 e. The Balaban J connectivity index is 2.51. The molecule has 0 heterocycles. The van der Waals surface area contributed by atoms with Crippen LogP contribution < -0.4 is 10.1 Å². The van der Waals surface area contributed by atoms with Gasteiger partial charge in [0.2, 0.25) is 0 Å². The van der Waals surface area contributed by atoms with E-state index in [9.17, 15) is 4.79 Å². The van der Waals surface area contributed by atoms with E-state index in [1.54, 1.807) is 7.11 Å². The Morgan fingerprint density at radius 2 is 2.05 bits per heavy atom. The molecular formula is C16H23NO3.